The van der Waals surface area contributed by atoms with Gasteiger partial charge in [0.1, 0.15) is 5.75 Å². The number of benzene rings is 1. The first kappa shape index (κ1) is 5.78. The molecule has 1 aliphatic heterocycles. The van der Waals surface area contributed by atoms with Crippen molar-refractivity contribution in [2.45, 2.75) is 6.42 Å². The zero-order chi connectivity index (χ0) is 6.97. The first-order valence-corrected chi connectivity index (χ1v) is 3.44. The molecule has 1 radical (unpaired) electrons. The number of hydrogen-bond acceptors (Lipinski definition) is 1. The first-order valence-electron chi connectivity index (χ1n) is 3.44. The van der Waals surface area contributed by atoms with Crippen molar-refractivity contribution in [3.8, 4) is 5.75 Å². The molecule has 0 saturated carbocycles. The largest absolute Gasteiger partial charge is 0.493 e. The highest BCUT2D eigenvalue weighted by atomic mass is 16.5. The quantitative estimate of drug-likeness (QED) is 0.524. The minimum absolute atomic E-state index is 0.821. The van der Waals surface area contributed by atoms with Gasteiger partial charge in [-0.05, 0) is 18.1 Å². The first-order chi connectivity index (χ1) is 4.88. The predicted octanol–water partition coefficient (Wildman–Crippen LogP) is 1.80. The Labute approximate surface area is 60.6 Å². The van der Waals surface area contributed by atoms with Crippen LogP contribution in [0.2, 0.25) is 0 Å². The Hall–Kier alpha value is -0.980. The predicted molar refractivity (Wildman–Crippen MR) is 40.1 cm³/mol. The fourth-order valence-corrected chi connectivity index (χ4v) is 1.28. The molecule has 0 fully saturated rings. The molecule has 0 amide bonds. The molecule has 0 saturated heterocycles. The summed E-state index contributed by atoms with van der Waals surface area (Å²) < 4.78 is 5.37. The maximum atomic E-state index is 5.37. The molecule has 0 unspecified atom stereocenters. The van der Waals surface area contributed by atoms with Crippen LogP contribution in [0.5, 0.6) is 5.75 Å². The topological polar surface area (TPSA) is 9.23 Å². The zero-order valence-corrected chi connectivity index (χ0v) is 5.76. The van der Waals surface area contributed by atoms with Crippen molar-refractivity contribution in [2.75, 3.05) is 6.61 Å². The maximum Gasteiger partial charge on any atom is 0.125 e. The number of rotatable bonds is 0. The van der Waals surface area contributed by atoms with Gasteiger partial charge in [-0.2, -0.15) is 0 Å². The fourth-order valence-electron chi connectivity index (χ4n) is 1.28. The van der Waals surface area contributed by atoms with Crippen molar-refractivity contribution < 1.29 is 4.74 Å². The molecule has 0 bridgehead atoms. The molecule has 0 aromatic heterocycles. The normalized spacial score (nSPS) is 14.5. The number of para-hydroxylation sites is 1. The summed E-state index contributed by atoms with van der Waals surface area (Å²) >= 11 is 0. The van der Waals surface area contributed by atoms with Crippen LogP contribution in [0, 0.1) is 6.92 Å². The summed E-state index contributed by atoms with van der Waals surface area (Å²) in [4.78, 5) is 0. The molecule has 51 valence electrons. The van der Waals surface area contributed by atoms with Crippen LogP contribution in [0.25, 0.3) is 0 Å². The minimum atomic E-state index is 0.821. The molecule has 1 heterocycles. The lowest BCUT2D eigenvalue weighted by Crippen LogP contribution is -1.87. The third-order valence-corrected chi connectivity index (χ3v) is 1.80. The Bertz CT molecular complexity index is 253. The van der Waals surface area contributed by atoms with Crippen molar-refractivity contribution in [2.24, 2.45) is 0 Å². The van der Waals surface area contributed by atoms with E-state index in [0.717, 1.165) is 24.3 Å². The van der Waals surface area contributed by atoms with E-state index in [2.05, 4.69) is 13.0 Å². The van der Waals surface area contributed by atoms with Crippen LogP contribution in [-0.4, -0.2) is 6.61 Å². The van der Waals surface area contributed by atoms with Gasteiger partial charge in [-0.15, -0.1) is 0 Å². The Balaban J connectivity index is 2.59. The summed E-state index contributed by atoms with van der Waals surface area (Å²) in [5, 5.41) is 0. The van der Waals surface area contributed by atoms with Gasteiger partial charge in [-0.1, -0.05) is 18.2 Å². The number of fused-ring (bicyclic) bond motifs is 1. The van der Waals surface area contributed by atoms with Crippen molar-refractivity contribution in [3.05, 3.63) is 36.2 Å². The van der Waals surface area contributed by atoms with E-state index in [1.54, 1.807) is 0 Å². The summed E-state index contributed by atoms with van der Waals surface area (Å²) in [6.45, 7) is 4.69. The van der Waals surface area contributed by atoms with Gasteiger partial charge >= 0.3 is 0 Å². The minimum Gasteiger partial charge on any atom is -0.493 e. The zero-order valence-electron chi connectivity index (χ0n) is 5.76. The van der Waals surface area contributed by atoms with Crippen LogP contribution in [0.15, 0.2) is 18.2 Å². The van der Waals surface area contributed by atoms with Gasteiger partial charge in [-0.25, -0.2) is 0 Å². The molecular formula is C9H9O. The van der Waals surface area contributed by atoms with E-state index in [0.29, 0.717) is 0 Å². The standard InChI is InChI=1S/C9H9O/c1-7-3-2-4-8-5-6-10-9(7)8/h2-4H,1,5-6H2. The van der Waals surface area contributed by atoms with E-state index >= 15 is 0 Å². The molecule has 1 aromatic rings. The second-order valence-electron chi connectivity index (χ2n) is 2.50. The van der Waals surface area contributed by atoms with E-state index in [4.69, 9.17) is 4.74 Å². The lowest BCUT2D eigenvalue weighted by atomic mass is 10.1. The van der Waals surface area contributed by atoms with Crippen LogP contribution in [0.4, 0.5) is 0 Å². The molecule has 0 N–H and O–H groups in total. The van der Waals surface area contributed by atoms with Gasteiger partial charge in [0.05, 0.1) is 6.61 Å². The highest BCUT2D eigenvalue weighted by Crippen LogP contribution is 2.28. The Morgan fingerprint density at radius 3 is 3.10 bits per heavy atom. The third-order valence-electron chi connectivity index (χ3n) is 1.80. The van der Waals surface area contributed by atoms with Crippen molar-refractivity contribution in [1.29, 1.82) is 0 Å². The molecule has 1 aliphatic rings. The van der Waals surface area contributed by atoms with Crippen LogP contribution < -0.4 is 4.74 Å². The Morgan fingerprint density at radius 1 is 1.40 bits per heavy atom. The SMILES string of the molecule is [CH2]c1cccc2c1OCC2. The average Bonchev–Trinajstić information content (AvgIpc) is 2.36. The number of ether oxygens (including phenoxy) is 1. The van der Waals surface area contributed by atoms with Crippen LogP contribution in [-0.2, 0) is 6.42 Å². The molecule has 0 aliphatic carbocycles. The van der Waals surface area contributed by atoms with E-state index in [9.17, 15) is 0 Å². The molecule has 1 aromatic carbocycles. The molecule has 0 atom stereocenters. The molecule has 0 spiro atoms. The molecule has 10 heavy (non-hydrogen) atoms. The van der Waals surface area contributed by atoms with Gasteiger partial charge in [0.15, 0.2) is 0 Å². The van der Waals surface area contributed by atoms with Crippen LogP contribution in [0.3, 0.4) is 0 Å². The molecular weight excluding hydrogens is 124 g/mol. The van der Waals surface area contributed by atoms with Gasteiger partial charge in [0.25, 0.3) is 0 Å². The summed E-state index contributed by atoms with van der Waals surface area (Å²) in [6, 6.07) is 6.09. The second kappa shape index (κ2) is 2.01. The van der Waals surface area contributed by atoms with Gasteiger partial charge in [-0.3, -0.25) is 0 Å². The fraction of sp³-hybridized carbons (Fsp3) is 0.222. The van der Waals surface area contributed by atoms with E-state index in [-0.39, 0.29) is 0 Å². The van der Waals surface area contributed by atoms with Crippen molar-refractivity contribution >= 4 is 0 Å². The van der Waals surface area contributed by atoms with E-state index < -0.39 is 0 Å². The van der Waals surface area contributed by atoms with Crippen molar-refractivity contribution in [1.82, 2.24) is 0 Å². The highest BCUT2D eigenvalue weighted by Gasteiger charge is 2.12. The van der Waals surface area contributed by atoms with Gasteiger partial charge < -0.3 is 4.74 Å². The lowest BCUT2D eigenvalue weighted by Gasteiger charge is -2.00. The van der Waals surface area contributed by atoms with Gasteiger partial charge in [0, 0.05) is 6.42 Å². The van der Waals surface area contributed by atoms with Gasteiger partial charge in [0.2, 0.25) is 0 Å². The monoisotopic (exact) mass is 133 g/mol. The molecule has 2 rings (SSSR count). The van der Waals surface area contributed by atoms with Crippen LogP contribution >= 0.6 is 0 Å². The number of hydrogen-bond donors (Lipinski definition) is 0. The Kier molecular flexibility index (Phi) is 1.16. The summed E-state index contributed by atoms with van der Waals surface area (Å²) in [5.41, 5.74) is 2.31. The summed E-state index contributed by atoms with van der Waals surface area (Å²) in [5.74, 6) is 1.00. The van der Waals surface area contributed by atoms with E-state index in [1.807, 2.05) is 12.1 Å². The molecule has 1 heteroatoms. The lowest BCUT2D eigenvalue weighted by molar-refractivity contribution is 0.355. The van der Waals surface area contributed by atoms with Crippen molar-refractivity contribution in [3.63, 3.8) is 0 Å². The second-order valence-corrected chi connectivity index (χ2v) is 2.50. The smallest absolute Gasteiger partial charge is 0.125 e. The van der Waals surface area contributed by atoms with E-state index in [1.165, 1.54) is 5.56 Å². The summed E-state index contributed by atoms with van der Waals surface area (Å²) in [6.07, 6.45) is 1.04. The summed E-state index contributed by atoms with van der Waals surface area (Å²) in [7, 11) is 0. The third kappa shape index (κ3) is 0.703. The van der Waals surface area contributed by atoms with Crippen LogP contribution in [0.1, 0.15) is 11.1 Å². The average molecular weight is 133 g/mol. The Morgan fingerprint density at radius 2 is 2.30 bits per heavy atom. The molecule has 1 nitrogen and oxygen atoms in total. The maximum absolute atomic E-state index is 5.37. The highest BCUT2D eigenvalue weighted by molar-refractivity contribution is 5.45.